The number of fused-ring (bicyclic) bond motifs is 1. The predicted molar refractivity (Wildman–Crippen MR) is 33.4 cm³/mol. The Bertz CT molecular complexity index is 184. The first-order chi connectivity index (χ1) is 4.18. The third-order valence-corrected chi connectivity index (χ3v) is 2.72. The van der Waals surface area contributed by atoms with Gasteiger partial charge in [0.15, 0.2) is 0 Å². The van der Waals surface area contributed by atoms with Gasteiger partial charge in [-0.3, -0.25) is 0 Å². The van der Waals surface area contributed by atoms with Crippen LogP contribution in [0.1, 0.15) is 25.7 Å². The number of nitriles is 1. The summed E-state index contributed by atoms with van der Waals surface area (Å²) in [7, 11) is 0. The van der Waals surface area contributed by atoms with Gasteiger partial charge in [0.2, 0.25) is 0 Å². The molecule has 48 valence electrons. The van der Waals surface area contributed by atoms with Crippen molar-refractivity contribution >= 4 is 0 Å². The predicted octanol–water partition coefficient (Wildman–Crippen LogP) is 0.781. The van der Waals surface area contributed by atoms with E-state index < -0.39 is 0 Å². The van der Waals surface area contributed by atoms with Gasteiger partial charge in [-0.05, 0) is 25.7 Å². The Hall–Kier alpha value is -0.550. The molecular weight excluding hydrogens is 112 g/mol. The van der Waals surface area contributed by atoms with Gasteiger partial charge >= 0.3 is 0 Å². The van der Waals surface area contributed by atoms with E-state index in [1.165, 1.54) is 0 Å². The molecule has 0 aliphatic heterocycles. The van der Waals surface area contributed by atoms with E-state index in [1.807, 2.05) is 0 Å². The highest BCUT2D eigenvalue weighted by atomic mass is 14.9. The number of hydrogen-bond donors (Lipinski definition) is 1. The van der Waals surface area contributed by atoms with E-state index in [9.17, 15) is 0 Å². The summed E-state index contributed by atoms with van der Waals surface area (Å²) in [6.45, 7) is 0. The average molecular weight is 122 g/mol. The lowest BCUT2D eigenvalue weighted by atomic mass is 9.67. The molecule has 0 aromatic rings. The Labute approximate surface area is 54.6 Å². The topological polar surface area (TPSA) is 49.8 Å². The van der Waals surface area contributed by atoms with E-state index in [-0.39, 0.29) is 11.0 Å². The summed E-state index contributed by atoms with van der Waals surface area (Å²) in [4.78, 5) is 0. The minimum atomic E-state index is 0.0226. The summed E-state index contributed by atoms with van der Waals surface area (Å²) in [5, 5.41) is 8.67. The second kappa shape index (κ2) is 1.15. The lowest BCUT2D eigenvalue weighted by Crippen LogP contribution is -2.49. The summed E-state index contributed by atoms with van der Waals surface area (Å²) < 4.78 is 0. The molecule has 3 fully saturated rings. The molecule has 3 aliphatic carbocycles. The normalized spacial score (nSPS) is 54.2. The zero-order chi connectivity index (χ0) is 6.54. The fraction of sp³-hybridized carbons (Fsp3) is 0.857. The van der Waals surface area contributed by atoms with Crippen molar-refractivity contribution in [2.45, 2.75) is 31.2 Å². The lowest BCUT2D eigenvalue weighted by molar-refractivity contribution is 0.178. The number of nitrogens with two attached hydrogens (primary N) is 1. The van der Waals surface area contributed by atoms with Gasteiger partial charge in [0, 0.05) is 5.54 Å². The van der Waals surface area contributed by atoms with Crippen molar-refractivity contribution in [3.63, 3.8) is 0 Å². The largest absolute Gasteiger partial charge is 0.325 e. The van der Waals surface area contributed by atoms with Crippen LogP contribution in [0.4, 0.5) is 0 Å². The molecule has 9 heavy (non-hydrogen) atoms. The molecule has 0 saturated heterocycles. The first-order valence-electron chi connectivity index (χ1n) is 3.38. The van der Waals surface area contributed by atoms with Crippen LogP contribution < -0.4 is 5.73 Å². The first kappa shape index (κ1) is 5.25. The molecule has 2 nitrogen and oxygen atoms in total. The Balaban J connectivity index is 2.24. The summed E-state index contributed by atoms with van der Waals surface area (Å²) in [6.07, 6.45) is 4.02. The molecule has 3 saturated carbocycles. The minimum absolute atomic E-state index is 0.0226. The van der Waals surface area contributed by atoms with E-state index in [2.05, 4.69) is 6.07 Å². The van der Waals surface area contributed by atoms with Crippen molar-refractivity contribution in [2.24, 2.45) is 11.1 Å². The Morgan fingerprint density at radius 3 is 2.22 bits per heavy atom. The van der Waals surface area contributed by atoms with Gasteiger partial charge in [0.05, 0.1) is 11.5 Å². The van der Waals surface area contributed by atoms with E-state index in [1.54, 1.807) is 0 Å². The molecule has 2 N–H and O–H groups in total. The standard InChI is InChI=1S/C7H10N2/c8-5-6-1-2-7(9,3-6)4-6/h1-4,9H2. The van der Waals surface area contributed by atoms with Crippen molar-refractivity contribution in [1.29, 1.82) is 5.26 Å². The highest BCUT2D eigenvalue weighted by molar-refractivity contribution is 5.22. The Morgan fingerprint density at radius 2 is 2.00 bits per heavy atom. The molecule has 2 heteroatoms. The van der Waals surface area contributed by atoms with Crippen LogP contribution in [0.3, 0.4) is 0 Å². The highest BCUT2D eigenvalue weighted by Gasteiger charge is 2.59. The zero-order valence-corrected chi connectivity index (χ0v) is 5.35. The highest BCUT2D eigenvalue weighted by Crippen LogP contribution is 2.59. The Morgan fingerprint density at radius 1 is 1.33 bits per heavy atom. The molecule has 0 heterocycles. The molecule has 0 spiro atoms. The average Bonchev–Trinajstić information content (AvgIpc) is 2.20. The fourth-order valence-electron chi connectivity index (χ4n) is 2.27. The third-order valence-electron chi connectivity index (χ3n) is 2.72. The van der Waals surface area contributed by atoms with Gasteiger partial charge in [-0.25, -0.2) is 0 Å². The van der Waals surface area contributed by atoms with Crippen molar-refractivity contribution < 1.29 is 0 Å². The van der Waals surface area contributed by atoms with Crippen molar-refractivity contribution in [1.82, 2.24) is 0 Å². The molecule has 0 amide bonds. The van der Waals surface area contributed by atoms with Crippen LogP contribution >= 0.6 is 0 Å². The summed E-state index contributed by atoms with van der Waals surface area (Å²) in [5.74, 6) is 0. The molecule has 3 rings (SSSR count). The minimum Gasteiger partial charge on any atom is -0.325 e. The molecule has 0 radical (unpaired) electrons. The fourth-order valence-corrected chi connectivity index (χ4v) is 2.27. The maximum Gasteiger partial charge on any atom is 0.0691 e. The third kappa shape index (κ3) is 0.481. The number of rotatable bonds is 0. The molecule has 2 bridgehead atoms. The molecule has 0 atom stereocenters. The van der Waals surface area contributed by atoms with Gasteiger partial charge in [-0.1, -0.05) is 0 Å². The molecular formula is C7H10N2. The van der Waals surface area contributed by atoms with Gasteiger partial charge in [-0.2, -0.15) is 5.26 Å². The monoisotopic (exact) mass is 122 g/mol. The van der Waals surface area contributed by atoms with Gasteiger partial charge in [0.25, 0.3) is 0 Å². The van der Waals surface area contributed by atoms with Gasteiger partial charge in [0.1, 0.15) is 0 Å². The summed E-state index contributed by atoms with van der Waals surface area (Å²) in [6, 6.07) is 2.35. The van der Waals surface area contributed by atoms with Crippen LogP contribution in [0.15, 0.2) is 0 Å². The second-order valence-electron chi connectivity index (χ2n) is 3.61. The molecule has 0 unspecified atom stereocenters. The Kier molecular flexibility index (Phi) is 0.668. The summed E-state index contributed by atoms with van der Waals surface area (Å²) in [5.41, 5.74) is 5.96. The maximum atomic E-state index is 8.67. The maximum absolute atomic E-state index is 8.67. The number of nitrogens with zero attached hydrogens (tertiary/aromatic N) is 1. The van der Waals surface area contributed by atoms with Crippen LogP contribution in [-0.2, 0) is 0 Å². The van der Waals surface area contributed by atoms with Crippen molar-refractivity contribution in [3.05, 3.63) is 0 Å². The van der Waals surface area contributed by atoms with Gasteiger partial charge in [-0.15, -0.1) is 0 Å². The van der Waals surface area contributed by atoms with Gasteiger partial charge < -0.3 is 5.73 Å². The summed E-state index contributed by atoms with van der Waals surface area (Å²) >= 11 is 0. The number of hydrogen-bond acceptors (Lipinski definition) is 2. The van der Waals surface area contributed by atoms with E-state index in [0.717, 1.165) is 25.7 Å². The first-order valence-corrected chi connectivity index (χ1v) is 3.38. The quantitative estimate of drug-likeness (QED) is 0.516. The molecule has 3 aliphatic rings. The van der Waals surface area contributed by atoms with Crippen LogP contribution in [0.2, 0.25) is 0 Å². The van der Waals surface area contributed by atoms with E-state index in [4.69, 9.17) is 11.0 Å². The smallest absolute Gasteiger partial charge is 0.0691 e. The van der Waals surface area contributed by atoms with Crippen LogP contribution in [-0.4, -0.2) is 5.54 Å². The molecule has 0 aromatic heterocycles. The van der Waals surface area contributed by atoms with Crippen molar-refractivity contribution in [3.8, 4) is 6.07 Å². The zero-order valence-electron chi connectivity index (χ0n) is 5.35. The van der Waals surface area contributed by atoms with Crippen LogP contribution in [0.25, 0.3) is 0 Å². The van der Waals surface area contributed by atoms with E-state index in [0.29, 0.717) is 0 Å². The SMILES string of the molecule is N#CC12CCC(N)(C1)C2. The second-order valence-corrected chi connectivity index (χ2v) is 3.61. The van der Waals surface area contributed by atoms with Crippen LogP contribution in [0, 0.1) is 16.7 Å². The lowest BCUT2D eigenvalue weighted by Gasteiger charge is -2.40. The van der Waals surface area contributed by atoms with E-state index >= 15 is 0 Å². The van der Waals surface area contributed by atoms with Crippen molar-refractivity contribution in [2.75, 3.05) is 0 Å². The molecule has 0 aromatic carbocycles. The van der Waals surface area contributed by atoms with Crippen LogP contribution in [0.5, 0.6) is 0 Å².